The zero-order valence-electron chi connectivity index (χ0n) is 12.9. The maximum absolute atomic E-state index is 5.05. The Morgan fingerprint density at radius 2 is 2.00 bits per heavy atom. The van der Waals surface area contributed by atoms with E-state index in [1.807, 2.05) is 18.0 Å². The molecule has 0 spiro atoms. The van der Waals surface area contributed by atoms with E-state index in [9.17, 15) is 0 Å². The fraction of sp³-hybridized carbons (Fsp3) is 0.750. The highest BCUT2D eigenvalue weighted by Crippen LogP contribution is 2.28. The number of H-pyrrole nitrogens is 1. The van der Waals surface area contributed by atoms with Gasteiger partial charge in [0.15, 0.2) is 5.17 Å². The van der Waals surface area contributed by atoms with Crippen LogP contribution in [0.2, 0.25) is 0 Å². The van der Waals surface area contributed by atoms with E-state index in [-0.39, 0.29) is 0 Å². The van der Waals surface area contributed by atoms with Gasteiger partial charge in [-0.05, 0) is 31.9 Å². The summed E-state index contributed by atoms with van der Waals surface area (Å²) in [7, 11) is 0. The Hall–Kier alpha value is -0.970. The number of piperidine rings is 1. The lowest BCUT2D eigenvalue weighted by molar-refractivity contribution is 0.312. The highest BCUT2D eigenvalue weighted by atomic mass is 32.2. The number of imidazole rings is 1. The van der Waals surface area contributed by atoms with Crippen LogP contribution in [0.5, 0.6) is 0 Å². The number of amidine groups is 1. The van der Waals surface area contributed by atoms with Gasteiger partial charge in [-0.2, -0.15) is 0 Å². The smallest absolute Gasteiger partial charge is 0.159 e. The molecule has 5 heteroatoms. The lowest BCUT2D eigenvalue weighted by atomic mass is 9.94. The number of nitrogens with zero attached hydrogens (tertiary/aromatic N) is 3. The van der Waals surface area contributed by atoms with E-state index < -0.39 is 0 Å². The Kier molecular flexibility index (Phi) is 5.22. The number of aromatic amines is 1. The van der Waals surface area contributed by atoms with Crippen molar-refractivity contribution in [1.29, 1.82) is 0 Å². The summed E-state index contributed by atoms with van der Waals surface area (Å²) in [6.07, 6.45) is 15.0. The molecule has 1 saturated heterocycles. The van der Waals surface area contributed by atoms with Crippen molar-refractivity contribution in [1.82, 2.24) is 14.9 Å². The Balaban J connectivity index is 1.57. The van der Waals surface area contributed by atoms with E-state index in [0.29, 0.717) is 12.0 Å². The van der Waals surface area contributed by atoms with E-state index in [2.05, 4.69) is 21.1 Å². The van der Waals surface area contributed by atoms with Crippen molar-refractivity contribution in [2.75, 3.05) is 19.3 Å². The van der Waals surface area contributed by atoms with Crippen LogP contribution < -0.4 is 0 Å². The standard InChI is InChI=1S/C16H26N4S/c1-21-16(19-14-5-3-2-4-6-14)20-9-7-13(8-10-20)15-11-17-12-18-15/h11-14H,2-10H2,1H3,(H,17,18). The molecule has 21 heavy (non-hydrogen) atoms. The zero-order valence-corrected chi connectivity index (χ0v) is 13.7. The molecule has 0 unspecified atom stereocenters. The van der Waals surface area contributed by atoms with Crippen LogP contribution >= 0.6 is 11.8 Å². The Bertz CT molecular complexity index is 443. The monoisotopic (exact) mass is 306 g/mol. The van der Waals surface area contributed by atoms with Gasteiger partial charge in [-0.15, -0.1) is 0 Å². The first-order valence-corrected chi connectivity index (χ1v) is 9.44. The summed E-state index contributed by atoms with van der Waals surface area (Å²) in [6.45, 7) is 2.24. The topological polar surface area (TPSA) is 44.3 Å². The van der Waals surface area contributed by atoms with Gasteiger partial charge in [0.1, 0.15) is 0 Å². The van der Waals surface area contributed by atoms with Gasteiger partial charge in [-0.25, -0.2) is 4.98 Å². The predicted molar refractivity (Wildman–Crippen MR) is 90.0 cm³/mol. The summed E-state index contributed by atoms with van der Waals surface area (Å²) in [6, 6.07) is 0.575. The van der Waals surface area contributed by atoms with Gasteiger partial charge < -0.3 is 9.88 Å². The molecule has 0 aromatic carbocycles. The molecule has 0 atom stereocenters. The van der Waals surface area contributed by atoms with Gasteiger partial charge >= 0.3 is 0 Å². The van der Waals surface area contributed by atoms with Crippen LogP contribution in [0, 0.1) is 0 Å². The molecule has 0 amide bonds. The maximum Gasteiger partial charge on any atom is 0.159 e. The van der Waals surface area contributed by atoms with Crippen molar-refractivity contribution in [3.63, 3.8) is 0 Å². The SMILES string of the molecule is CSC(=NC1CCCCC1)N1CCC(c2cnc[nH]2)CC1. The number of hydrogen-bond acceptors (Lipinski definition) is 3. The van der Waals surface area contributed by atoms with Crippen LogP contribution in [0.15, 0.2) is 17.5 Å². The predicted octanol–water partition coefficient (Wildman–Crippen LogP) is 3.64. The second-order valence-electron chi connectivity index (χ2n) is 6.18. The minimum atomic E-state index is 0.575. The first-order chi connectivity index (χ1) is 10.4. The van der Waals surface area contributed by atoms with Crippen LogP contribution in [0.1, 0.15) is 56.6 Å². The molecule has 0 bridgehead atoms. The lowest BCUT2D eigenvalue weighted by Gasteiger charge is -2.34. The normalized spacial score (nSPS) is 22.7. The van der Waals surface area contributed by atoms with Crippen molar-refractivity contribution in [3.05, 3.63) is 18.2 Å². The van der Waals surface area contributed by atoms with E-state index in [1.54, 1.807) is 6.33 Å². The molecule has 116 valence electrons. The quantitative estimate of drug-likeness (QED) is 0.670. The van der Waals surface area contributed by atoms with Gasteiger partial charge in [0.25, 0.3) is 0 Å². The first-order valence-electron chi connectivity index (χ1n) is 8.22. The van der Waals surface area contributed by atoms with Crippen molar-refractivity contribution in [2.45, 2.75) is 56.9 Å². The molecular formula is C16H26N4S. The number of aliphatic imine (C=N–C) groups is 1. The maximum atomic E-state index is 5.05. The third-order valence-electron chi connectivity index (χ3n) is 4.77. The van der Waals surface area contributed by atoms with Crippen molar-refractivity contribution < 1.29 is 0 Å². The molecule has 4 nitrogen and oxygen atoms in total. The molecule has 1 aliphatic carbocycles. The van der Waals surface area contributed by atoms with Crippen LogP contribution in [-0.4, -0.2) is 45.4 Å². The molecule has 2 fully saturated rings. The molecule has 2 heterocycles. The number of thioether (sulfide) groups is 1. The average Bonchev–Trinajstić information content (AvgIpc) is 3.08. The van der Waals surface area contributed by atoms with E-state index in [4.69, 9.17) is 4.99 Å². The third kappa shape index (κ3) is 3.82. The minimum absolute atomic E-state index is 0.575. The zero-order chi connectivity index (χ0) is 14.5. The van der Waals surface area contributed by atoms with Crippen LogP contribution in [0.4, 0.5) is 0 Å². The fourth-order valence-corrected chi connectivity index (χ4v) is 4.20. The summed E-state index contributed by atoms with van der Waals surface area (Å²) in [5, 5.41) is 1.27. The molecule has 1 aliphatic heterocycles. The molecule has 2 aliphatic rings. The van der Waals surface area contributed by atoms with Crippen molar-refractivity contribution in [3.8, 4) is 0 Å². The lowest BCUT2D eigenvalue weighted by Crippen LogP contribution is -2.37. The molecule has 3 rings (SSSR count). The molecular weight excluding hydrogens is 280 g/mol. The Morgan fingerprint density at radius 1 is 1.24 bits per heavy atom. The van der Waals surface area contributed by atoms with Gasteiger partial charge in [0.2, 0.25) is 0 Å². The van der Waals surface area contributed by atoms with Gasteiger partial charge in [0, 0.05) is 30.9 Å². The van der Waals surface area contributed by atoms with Gasteiger partial charge in [-0.1, -0.05) is 31.0 Å². The number of nitrogens with one attached hydrogen (secondary N) is 1. The number of likely N-dealkylation sites (tertiary alicyclic amines) is 1. The second kappa shape index (κ2) is 7.34. The number of hydrogen-bond donors (Lipinski definition) is 1. The molecule has 1 N–H and O–H groups in total. The second-order valence-corrected chi connectivity index (χ2v) is 6.95. The summed E-state index contributed by atoms with van der Waals surface area (Å²) in [5.74, 6) is 0.640. The van der Waals surface area contributed by atoms with Crippen molar-refractivity contribution in [2.24, 2.45) is 4.99 Å². The highest BCUT2D eigenvalue weighted by Gasteiger charge is 2.24. The van der Waals surface area contributed by atoms with E-state index >= 15 is 0 Å². The molecule has 1 aromatic heterocycles. The summed E-state index contributed by atoms with van der Waals surface area (Å²) in [4.78, 5) is 15.0. The molecule has 0 radical (unpaired) electrons. The summed E-state index contributed by atoms with van der Waals surface area (Å²) in [5.41, 5.74) is 1.30. The fourth-order valence-electron chi connectivity index (χ4n) is 3.50. The van der Waals surface area contributed by atoms with E-state index in [0.717, 1.165) is 13.1 Å². The Labute approximate surface area is 131 Å². The first kappa shape index (κ1) is 14.9. The van der Waals surface area contributed by atoms with Crippen molar-refractivity contribution >= 4 is 16.9 Å². The number of aromatic nitrogens is 2. The average molecular weight is 306 g/mol. The Morgan fingerprint density at radius 3 is 2.62 bits per heavy atom. The van der Waals surface area contributed by atoms with E-state index in [1.165, 1.54) is 55.8 Å². The summed E-state index contributed by atoms with van der Waals surface area (Å²) >= 11 is 1.82. The largest absolute Gasteiger partial charge is 0.351 e. The molecule has 1 aromatic rings. The van der Waals surface area contributed by atoms with Gasteiger partial charge in [-0.3, -0.25) is 4.99 Å². The van der Waals surface area contributed by atoms with Crippen LogP contribution in [0.25, 0.3) is 0 Å². The van der Waals surface area contributed by atoms with Crippen LogP contribution in [0.3, 0.4) is 0 Å². The van der Waals surface area contributed by atoms with Gasteiger partial charge in [0.05, 0.1) is 12.4 Å². The third-order valence-corrected chi connectivity index (χ3v) is 5.50. The highest BCUT2D eigenvalue weighted by molar-refractivity contribution is 8.13. The molecule has 1 saturated carbocycles. The number of rotatable bonds is 2. The summed E-state index contributed by atoms with van der Waals surface area (Å²) < 4.78 is 0. The van der Waals surface area contributed by atoms with Crippen LogP contribution in [-0.2, 0) is 0 Å². The minimum Gasteiger partial charge on any atom is -0.351 e.